The van der Waals surface area contributed by atoms with Gasteiger partial charge in [-0.05, 0) is 49.7 Å². The standard InChI is InChI=1S/C16H24N2/c1-12-5-3-9-16(17,11-12)14-8-2-6-13-7-4-10-18-15(13)14/h4,7,10,12,14H,2-3,5-6,8-9,11,17H2,1H3. The van der Waals surface area contributed by atoms with Crippen molar-refractivity contribution in [3.05, 3.63) is 29.6 Å². The summed E-state index contributed by atoms with van der Waals surface area (Å²) in [5, 5.41) is 0. The van der Waals surface area contributed by atoms with E-state index in [1.807, 2.05) is 6.20 Å². The Bertz CT molecular complexity index is 429. The van der Waals surface area contributed by atoms with Crippen LogP contribution in [0, 0.1) is 5.92 Å². The molecule has 3 unspecified atom stereocenters. The molecule has 0 aliphatic heterocycles. The molecular weight excluding hydrogens is 220 g/mol. The first kappa shape index (κ1) is 12.2. The van der Waals surface area contributed by atoms with Gasteiger partial charge in [0.05, 0.1) is 0 Å². The van der Waals surface area contributed by atoms with E-state index in [0.29, 0.717) is 5.92 Å². The number of hydrogen-bond donors (Lipinski definition) is 1. The summed E-state index contributed by atoms with van der Waals surface area (Å²) in [5.74, 6) is 1.27. The third kappa shape index (κ3) is 2.07. The molecule has 98 valence electrons. The molecule has 2 aliphatic carbocycles. The lowest BCUT2D eigenvalue weighted by atomic mass is 9.65. The van der Waals surface area contributed by atoms with Crippen LogP contribution in [-0.4, -0.2) is 10.5 Å². The minimum Gasteiger partial charge on any atom is -0.324 e. The minimum absolute atomic E-state index is 0.00118. The van der Waals surface area contributed by atoms with E-state index >= 15 is 0 Å². The second kappa shape index (κ2) is 4.65. The molecule has 1 saturated carbocycles. The normalized spacial score (nSPS) is 36.1. The van der Waals surface area contributed by atoms with Gasteiger partial charge in [-0.2, -0.15) is 0 Å². The molecule has 0 amide bonds. The molecule has 2 aliphatic rings. The third-order valence-corrected chi connectivity index (χ3v) is 4.96. The number of rotatable bonds is 1. The van der Waals surface area contributed by atoms with Crippen LogP contribution in [0.4, 0.5) is 0 Å². The molecule has 0 radical (unpaired) electrons. The van der Waals surface area contributed by atoms with Crippen molar-refractivity contribution >= 4 is 0 Å². The second-order valence-electron chi connectivity index (χ2n) is 6.43. The molecule has 1 aromatic heterocycles. The Morgan fingerprint density at radius 2 is 2.22 bits per heavy atom. The Morgan fingerprint density at radius 3 is 3.06 bits per heavy atom. The van der Waals surface area contributed by atoms with Crippen LogP contribution >= 0.6 is 0 Å². The molecule has 2 nitrogen and oxygen atoms in total. The van der Waals surface area contributed by atoms with Gasteiger partial charge in [0.25, 0.3) is 0 Å². The summed E-state index contributed by atoms with van der Waals surface area (Å²) in [7, 11) is 0. The lowest BCUT2D eigenvalue weighted by Gasteiger charge is -2.44. The van der Waals surface area contributed by atoms with E-state index in [0.717, 1.165) is 5.92 Å². The van der Waals surface area contributed by atoms with Crippen LogP contribution in [0.3, 0.4) is 0 Å². The van der Waals surface area contributed by atoms with Crippen molar-refractivity contribution in [2.45, 2.75) is 63.3 Å². The molecule has 1 fully saturated rings. The van der Waals surface area contributed by atoms with E-state index in [2.05, 4.69) is 24.0 Å². The third-order valence-electron chi connectivity index (χ3n) is 4.96. The average Bonchev–Trinajstić information content (AvgIpc) is 2.38. The summed E-state index contributed by atoms with van der Waals surface area (Å²) >= 11 is 0. The summed E-state index contributed by atoms with van der Waals surface area (Å²) in [6.07, 6.45) is 10.6. The second-order valence-corrected chi connectivity index (χ2v) is 6.43. The maximum Gasteiger partial charge on any atom is 0.0484 e. The van der Waals surface area contributed by atoms with Crippen molar-refractivity contribution in [2.24, 2.45) is 11.7 Å². The molecule has 1 aromatic rings. The number of pyridine rings is 1. The molecule has 1 heterocycles. The molecule has 3 rings (SSSR count). The number of nitrogens with two attached hydrogens (primary N) is 1. The van der Waals surface area contributed by atoms with Crippen molar-refractivity contribution in [1.29, 1.82) is 0 Å². The van der Waals surface area contributed by atoms with Crippen molar-refractivity contribution in [3.8, 4) is 0 Å². The maximum atomic E-state index is 6.80. The largest absolute Gasteiger partial charge is 0.324 e. The Balaban J connectivity index is 1.93. The molecule has 0 spiro atoms. The number of aryl methyl sites for hydroxylation is 1. The monoisotopic (exact) mass is 244 g/mol. The number of fused-ring (bicyclic) bond motifs is 1. The maximum absolute atomic E-state index is 6.80. The summed E-state index contributed by atoms with van der Waals surface area (Å²) in [5.41, 5.74) is 9.55. The highest BCUT2D eigenvalue weighted by molar-refractivity contribution is 5.29. The van der Waals surface area contributed by atoms with Crippen LogP contribution < -0.4 is 5.73 Å². The van der Waals surface area contributed by atoms with E-state index in [1.165, 1.54) is 56.2 Å². The zero-order valence-electron chi connectivity index (χ0n) is 11.4. The van der Waals surface area contributed by atoms with Gasteiger partial charge < -0.3 is 5.73 Å². The fourth-order valence-corrected chi connectivity index (χ4v) is 4.12. The van der Waals surface area contributed by atoms with Gasteiger partial charge in [-0.3, -0.25) is 4.98 Å². The first-order chi connectivity index (χ1) is 8.69. The molecule has 0 aromatic carbocycles. The smallest absolute Gasteiger partial charge is 0.0484 e. The van der Waals surface area contributed by atoms with Crippen molar-refractivity contribution < 1.29 is 0 Å². The van der Waals surface area contributed by atoms with E-state index in [-0.39, 0.29) is 5.54 Å². The van der Waals surface area contributed by atoms with E-state index in [4.69, 9.17) is 5.73 Å². The van der Waals surface area contributed by atoms with Gasteiger partial charge in [0.15, 0.2) is 0 Å². The van der Waals surface area contributed by atoms with E-state index in [9.17, 15) is 0 Å². The molecule has 0 bridgehead atoms. The number of aromatic nitrogens is 1. The molecular formula is C16H24N2. The highest BCUT2D eigenvalue weighted by Crippen LogP contribution is 2.44. The van der Waals surface area contributed by atoms with Crippen LogP contribution in [0.1, 0.15) is 62.6 Å². The van der Waals surface area contributed by atoms with Crippen LogP contribution in [0.15, 0.2) is 18.3 Å². The fourth-order valence-electron chi connectivity index (χ4n) is 4.12. The van der Waals surface area contributed by atoms with Crippen LogP contribution in [0.5, 0.6) is 0 Å². The highest BCUT2D eigenvalue weighted by Gasteiger charge is 2.41. The van der Waals surface area contributed by atoms with Gasteiger partial charge in [0.1, 0.15) is 0 Å². The Morgan fingerprint density at radius 1 is 1.33 bits per heavy atom. The van der Waals surface area contributed by atoms with Gasteiger partial charge in [-0.15, -0.1) is 0 Å². The minimum atomic E-state index is 0.00118. The summed E-state index contributed by atoms with van der Waals surface area (Å²) in [6, 6.07) is 4.30. The van der Waals surface area contributed by atoms with E-state index in [1.54, 1.807) is 0 Å². The Labute approximate surface area is 110 Å². The Kier molecular flexibility index (Phi) is 3.14. The van der Waals surface area contributed by atoms with Gasteiger partial charge in [0.2, 0.25) is 0 Å². The van der Waals surface area contributed by atoms with Crippen LogP contribution in [0.25, 0.3) is 0 Å². The molecule has 2 N–H and O–H groups in total. The summed E-state index contributed by atoms with van der Waals surface area (Å²) in [4.78, 5) is 4.67. The molecule has 0 saturated heterocycles. The number of hydrogen-bond acceptors (Lipinski definition) is 2. The summed E-state index contributed by atoms with van der Waals surface area (Å²) < 4.78 is 0. The first-order valence-electron chi connectivity index (χ1n) is 7.42. The fraction of sp³-hybridized carbons (Fsp3) is 0.688. The van der Waals surface area contributed by atoms with Gasteiger partial charge in [0, 0.05) is 23.3 Å². The van der Waals surface area contributed by atoms with Crippen molar-refractivity contribution in [1.82, 2.24) is 4.98 Å². The summed E-state index contributed by atoms with van der Waals surface area (Å²) in [6.45, 7) is 2.35. The lowest BCUT2D eigenvalue weighted by Crippen LogP contribution is -2.50. The topological polar surface area (TPSA) is 38.9 Å². The molecule has 3 atom stereocenters. The van der Waals surface area contributed by atoms with Gasteiger partial charge >= 0.3 is 0 Å². The predicted molar refractivity (Wildman–Crippen MR) is 74.5 cm³/mol. The van der Waals surface area contributed by atoms with Crippen molar-refractivity contribution in [2.75, 3.05) is 0 Å². The zero-order valence-corrected chi connectivity index (χ0v) is 11.4. The highest BCUT2D eigenvalue weighted by atomic mass is 14.8. The SMILES string of the molecule is CC1CCCC(N)(C2CCCc3cccnc32)C1. The van der Waals surface area contributed by atoms with Crippen molar-refractivity contribution in [3.63, 3.8) is 0 Å². The van der Waals surface area contributed by atoms with Crippen LogP contribution in [-0.2, 0) is 6.42 Å². The Hall–Kier alpha value is -0.890. The van der Waals surface area contributed by atoms with Gasteiger partial charge in [-0.1, -0.05) is 25.8 Å². The number of nitrogens with zero attached hydrogens (tertiary/aromatic N) is 1. The van der Waals surface area contributed by atoms with Crippen LogP contribution in [0.2, 0.25) is 0 Å². The zero-order chi connectivity index (χ0) is 12.6. The lowest BCUT2D eigenvalue weighted by molar-refractivity contribution is 0.185. The van der Waals surface area contributed by atoms with Gasteiger partial charge in [-0.25, -0.2) is 0 Å². The first-order valence-corrected chi connectivity index (χ1v) is 7.42. The van der Waals surface area contributed by atoms with E-state index < -0.39 is 0 Å². The average molecular weight is 244 g/mol. The quantitative estimate of drug-likeness (QED) is 0.822. The predicted octanol–water partition coefficient (Wildman–Crippen LogP) is 3.41. The molecule has 2 heteroatoms. The molecule has 18 heavy (non-hydrogen) atoms.